The van der Waals surface area contributed by atoms with Crippen molar-refractivity contribution in [1.82, 2.24) is 14.5 Å². The fourth-order valence-corrected chi connectivity index (χ4v) is 3.80. The highest BCUT2D eigenvalue weighted by molar-refractivity contribution is 6.37. The van der Waals surface area contributed by atoms with Gasteiger partial charge < -0.3 is 10.4 Å². The van der Waals surface area contributed by atoms with Gasteiger partial charge in [-0.3, -0.25) is 19.1 Å². The normalized spacial score (nSPS) is 11.6. The number of anilines is 1. The number of phenolic OH excluding ortho intramolecular Hbond substituents is 1. The third kappa shape index (κ3) is 4.55. The van der Waals surface area contributed by atoms with E-state index in [-0.39, 0.29) is 43.5 Å². The Balaban J connectivity index is 1.75. The first-order valence-electron chi connectivity index (χ1n) is 9.55. The SMILES string of the molecule is O=C(Nc1cccc2ncn(Cc3cccnc3C(F)(F)F)c(=O)c12)c1cc(Cl)c(O)c(Cl)c1. The van der Waals surface area contributed by atoms with Crippen LogP contribution in [0.1, 0.15) is 21.6 Å². The van der Waals surface area contributed by atoms with E-state index in [4.69, 9.17) is 23.2 Å². The molecule has 7 nitrogen and oxygen atoms in total. The topological polar surface area (TPSA) is 97.1 Å². The van der Waals surface area contributed by atoms with E-state index in [0.717, 1.165) is 17.1 Å². The van der Waals surface area contributed by atoms with Gasteiger partial charge in [0.05, 0.1) is 39.5 Å². The molecule has 0 aliphatic carbocycles. The van der Waals surface area contributed by atoms with Crippen molar-refractivity contribution in [3.63, 3.8) is 0 Å². The van der Waals surface area contributed by atoms with Crippen LogP contribution in [0.25, 0.3) is 10.9 Å². The number of fused-ring (bicyclic) bond motifs is 1. The maximum Gasteiger partial charge on any atom is 0.433 e. The molecule has 4 rings (SSSR count). The van der Waals surface area contributed by atoms with Crippen molar-refractivity contribution in [2.75, 3.05) is 5.32 Å². The quantitative estimate of drug-likeness (QED) is 0.398. The van der Waals surface area contributed by atoms with E-state index in [1.807, 2.05) is 0 Å². The van der Waals surface area contributed by atoms with Crippen LogP contribution >= 0.6 is 23.2 Å². The highest BCUT2D eigenvalue weighted by Crippen LogP contribution is 2.33. The molecule has 0 spiro atoms. The summed E-state index contributed by atoms with van der Waals surface area (Å²) in [5.41, 5.74) is -1.67. The number of nitrogens with one attached hydrogen (secondary N) is 1. The van der Waals surface area contributed by atoms with E-state index in [1.54, 1.807) is 6.07 Å². The number of benzene rings is 2. The predicted octanol–water partition coefficient (Wildman–Crippen LogP) is 5.12. The van der Waals surface area contributed by atoms with E-state index >= 15 is 0 Å². The van der Waals surface area contributed by atoms with Crippen LogP contribution in [0.4, 0.5) is 18.9 Å². The first-order chi connectivity index (χ1) is 16.1. The molecule has 0 atom stereocenters. The molecule has 2 N–H and O–H groups in total. The molecule has 0 fully saturated rings. The zero-order valence-corrected chi connectivity index (χ0v) is 18.4. The molecule has 0 saturated carbocycles. The predicted molar refractivity (Wildman–Crippen MR) is 120 cm³/mol. The molecule has 12 heteroatoms. The second-order valence-corrected chi connectivity index (χ2v) is 7.94. The monoisotopic (exact) mass is 508 g/mol. The van der Waals surface area contributed by atoms with Crippen LogP contribution in [0.2, 0.25) is 10.0 Å². The largest absolute Gasteiger partial charge is 0.505 e. The van der Waals surface area contributed by atoms with Gasteiger partial charge in [-0.05, 0) is 30.3 Å². The number of rotatable bonds is 4. The summed E-state index contributed by atoms with van der Waals surface area (Å²) < 4.78 is 40.9. The number of phenols is 1. The molecule has 2 heterocycles. The molecule has 0 radical (unpaired) electrons. The molecule has 0 aliphatic heterocycles. The third-order valence-electron chi connectivity index (χ3n) is 4.88. The number of carbonyl (C=O) groups excluding carboxylic acids is 1. The van der Waals surface area contributed by atoms with Crippen molar-refractivity contribution in [3.8, 4) is 5.75 Å². The molecule has 0 saturated heterocycles. The number of halogens is 5. The number of amides is 1. The molecule has 4 aromatic rings. The summed E-state index contributed by atoms with van der Waals surface area (Å²) in [4.78, 5) is 33.5. The van der Waals surface area contributed by atoms with Crippen molar-refractivity contribution in [2.24, 2.45) is 0 Å². The zero-order valence-electron chi connectivity index (χ0n) is 16.9. The Bertz CT molecular complexity index is 1470. The number of hydrogen-bond donors (Lipinski definition) is 2. The Kier molecular flexibility index (Phi) is 6.20. The van der Waals surface area contributed by atoms with E-state index in [9.17, 15) is 27.9 Å². The Morgan fingerprint density at radius 2 is 1.79 bits per heavy atom. The molecule has 0 aliphatic rings. The van der Waals surface area contributed by atoms with Gasteiger partial charge in [-0.2, -0.15) is 13.2 Å². The van der Waals surface area contributed by atoms with Crippen molar-refractivity contribution in [1.29, 1.82) is 0 Å². The minimum absolute atomic E-state index is 0.00762. The molecule has 2 aromatic carbocycles. The number of nitrogens with zero attached hydrogens (tertiary/aromatic N) is 3. The van der Waals surface area contributed by atoms with Crippen molar-refractivity contribution in [3.05, 3.63) is 92.2 Å². The molecule has 1 amide bonds. The van der Waals surface area contributed by atoms with Gasteiger partial charge in [0, 0.05) is 17.3 Å². The summed E-state index contributed by atoms with van der Waals surface area (Å²) in [6, 6.07) is 9.47. The maximum absolute atomic E-state index is 13.3. The minimum atomic E-state index is -4.70. The van der Waals surface area contributed by atoms with Crippen LogP contribution in [0, 0.1) is 0 Å². The number of carbonyl (C=O) groups is 1. The van der Waals surface area contributed by atoms with Crippen LogP contribution in [-0.2, 0) is 12.7 Å². The summed E-state index contributed by atoms with van der Waals surface area (Å²) in [5.74, 6) is -1.07. The van der Waals surface area contributed by atoms with Gasteiger partial charge in [0.25, 0.3) is 11.5 Å². The Morgan fingerprint density at radius 3 is 2.47 bits per heavy atom. The van der Waals surface area contributed by atoms with Crippen LogP contribution in [0.3, 0.4) is 0 Å². The number of alkyl halides is 3. The smallest absolute Gasteiger partial charge is 0.433 e. The first-order valence-corrected chi connectivity index (χ1v) is 10.3. The number of hydrogen-bond acceptors (Lipinski definition) is 5. The molecule has 0 bridgehead atoms. The number of pyridine rings is 1. The highest BCUT2D eigenvalue weighted by atomic mass is 35.5. The fraction of sp³-hybridized carbons (Fsp3) is 0.0909. The Labute approximate surface area is 199 Å². The first kappa shape index (κ1) is 23.5. The standard InChI is InChI=1S/C22H13Cl2F3N4O3/c23-13-7-12(8-14(24)18(13)32)20(33)30-16-5-1-4-15-17(16)21(34)31(10-29-15)9-11-3-2-6-28-19(11)22(25,26)27/h1-8,10,32H,9H2,(H,30,33). The average Bonchev–Trinajstić information content (AvgIpc) is 2.78. The average molecular weight is 509 g/mol. The lowest BCUT2D eigenvalue weighted by Gasteiger charge is -2.14. The van der Waals surface area contributed by atoms with Crippen molar-refractivity contribution >= 4 is 45.7 Å². The Morgan fingerprint density at radius 1 is 1.09 bits per heavy atom. The number of aromatic nitrogens is 3. The summed E-state index contributed by atoms with van der Waals surface area (Å²) in [5, 5.41) is 11.9. The maximum atomic E-state index is 13.3. The van der Waals surface area contributed by atoms with Gasteiger partial charge in [0.1, 0.15) is 5.69 Å². The van der Waals surface area contributed by atoms with E-state index in [1.165, 1.54) is 36.4 Å². The lowest BCUT2D eigenvalue weighted by Crippen LogP contribution is -2.24. The van der Waals surface area contributed by atoms with Crippen LogP contribution in [0.5, 0.6) is 5.75 Å². The molecular weight excluding hydrogens is 496 g/mol. The summed E-state index contributed by atoms with van der Waals surface area (Å²) in [6.45, 7) is -0.435. The molecule has 34 heavy (non-hydrogen) atoms. The zero-order chi connectivity index (χ0) is 24.6. The molecule has 174 valence electrons. The van der Waals surface area contributed by atoms with Crippen LogP contribution in [0.15, 0.2) is 59.8 Å². The highest BCUT2D eigenvalue weighted by Gasteiger charge is 2.35. The molecule has 2 aromatic heterocycles. The van der Waals surface area contributed by atoms with Crippen molar-refractivity contribution < 1.29 is 23.1 Å². The number of aromatic hydroxyl groups is 1. The third-order valence-corrected chi connectivity index (χ3v) is 5.46. The van der Waals surface area contributed by atoms with Gasteiger partial charge in [0.2, 0.25) is 0 Å². The van der Waals surface area contributed by atoms with Crippen LogP contribution < -0.4 is 10.9 Å². The molecule has 0 unspecified atom stereocenters. The lowest BCUT2D eigenvalue weighted by molar-refractivity contribution is -0.141. The Hall–Kier alpha value is -3.63. The van der Waals surface area contributed by atoms with E-state index in [0.29, 0.717) is 0 Å². The summed E-state index contributed by atoms with van der Waals surface area (Å²) in [6.07, 6.45) is -2.55. The van der Waals surface area contributed by atoms with E-state index in [2.05, 4.69) is 15.3 Å². The fourth-order valence-electron chi connectivity index (χ4n) is 3.31. The second kappa shape index (κ2) is 8.96. The van der Waals surface area contributed by atoms with Crippen molar-refractivity contribution in [2.45, 2.75) is 12.7 Å². The summed E-state index contributed by atoms with van der Waals surface area (Å²) in [7, 11) is 0. The lowest BCUT2D eigenvalue weighted by atomic mass is 10.1. The minimum Gasteiger partial charge on any atom is -0.505 e. The second-order valence-electron chi connectivity index (χ2n) is 7.13. The van der Waals surface area contributed by atoms with Gasteiger partial charge in [-0.25, -0.2) is 4.98 Å². The van der Waals surface area contributed by atoms with Crippen LogP contribution in [-0.4, -0.2) is 25.5 Å². The summed E-state index contributed by atoms with van der Waals surface area (Å²) >= 11 is 11.7. The van der Waals surface area contributed by atoms with Gasteiger partial charge in [-0.1, -0.05) is 35.3 Å². The van der Waals surface area contributed by atoms with E-state index < -0.39 is 29.9 Å². The molecular formula is C22H13Cl2F3N4O3. The van der Waals surface area contributed by atoms with Gasteiger partial charge in [0.15, 0.2) is 5.75 Å². The van der Waals surface area contributed by atoms with Gasteiger partial charge >= 0.3 is 6.18 Å². The van der Waals surface area contributed by atoms with Gasteiger partial charge in [-0.15, -0.1) is 0 Å².